The molecule has 0 atom stereocenters. The van der Waals surface area contributed by atoms with Crippen LogP contribution in [-0.2, 0) is 11.3 Å². The topological polar surface area (TPSA) is 56.1 Å². The summed E-state index contributed by atoms with van der Waals surface area (Å²) in [5, 5.41) is 12.2. The van der Waals surface area contributed by atoms with Crippen LogP contribution in [0, 0.1) is 11.3 Å². The molecule has 1 aliphatic heterocycles. The molecule has 0 radical (unpaired) electrons. The third-order valence-corrected chi connectivity index (χ3v) is 3.43. The Morgan fingerprint density at radius 1 is 1.32 bits per heavy atom. The lowest BCUT2D eigenvalue weighted by Gasteiger charge is -2.15. The fourth-order valence-corrected chi connectivity index (χ4v) is 2.33. The average Bonchev–Trinajstić information content (AvgIpc) is 2.98. The van der Waals surface area contributed by atoms with Gasteiger partial charge in [0.2, 0.25) is 5.91 Å². The van der Waals surface area contributed by atoms with E-state index in [-0.39, 0.29) is 5.91 Å². The second-order valence-corrected chi connectivity index (χ2v) is 4.78. The molecule has 4 heteroatoms. The zero-order chi connectivity index (χ0) is 13.5. The van der Waals surface area contributed by atoms with Gasteiger partial charge < -0.3 is 10.2 Å². The van der Waals surface area contributed by atoms with E-state index in [1.807, 2.05) is 29.2 Å². The minimum Gasteiger partial charge on any atom is -0.343 e. The first-order valence-corrected chi connectivity index (χ1v) is 6.78. The summed E-state index contributed by atoms with van der Waals surface area (Å²) in [6.45, 7) is 3.12. The summed E-state index contributed by atoms with van der Waals surface area (Å²) in [7, 11) is 0. The first kappa shape index (κ1) is 13.6. The van der Waals surface area contributed by atoms with Crippen LogP contribution in [-0.4, -0.2) is 30.4 Å². The first-order valence-electron chi connectivity index (χ1n) is 6.78. The van der Waals surface area contributed by atoms with E-state index in [1.165, 1.54) is 0 Å². The number of carbonyl (C=O) groups excluding carboxylic acids is 1. The molecule has 1 fully saturated rings. The molecule has 0 bridgehead atoms. The van der Waals surface area contributed by atoms with Crippen molar-refractivity contribution in [1.29, 1.82) is 5.26 Å². The van der Waals surface area contributed by atoms with Crippen LogP contribution < -0.4 is 5.32 Å². The van der Waals surface area contributed by atoms with E-state index in [1.54, 1.807) is 0 Å². The Hall–Kier alpha value is -1.86. The smallest absolute Gasteiger partial charge is 0.223 e. The number of nitrogens with one attached hydrogen (secondary N) is 1. The molecule has 0 saturated carbocycles. The van der Waals surface area contributed by atoms with Crippen LogP contribution in [0.5, 0.6) is 0 Å². The van der Waals surface area contributed by atoms with E-state index in [9.17, 15) is 4.79 Å². The molecule has 1 aromatic carbocycles. The molecule has 0 unspecified atom stereocenters. The second kappa shape index (κ2) is 6.91. The van der Waals surface area contributed by atoms with Gasteiger partial charge in [0.05, 0.1) is 11.6 Å². The molecular weight excluding hydrogens is 238 g/mol. The Morgan fingerprint density at radius 2 is 2.05 bits per heavy atom. The molecule has 2 rings (SSSR count). The molecule has 1 amide bonds. The maximum absolute atomic E-state index is 11.8. The van der Waals surface area contributed by atoms with Crippen molar-refractivity contribution in [3.63, 3.8) is 0 Å². The lowest BCUT2D eigenvalue weighted by atomic mass is 10.1. The van der Waals surface area contributed by atoms with Crippen LogP contribution >= 0.6 is 0 Å². The van der Waals surface area contributed by atoms with Crippen LogP contribution in [0.2, 0.25) is 0 Å². The minimum absolute atomic E-state index is 0.235. The highest BCUT2D eigenvalue weighted by atomic mass is 16.2. The van der Waals surface area contributed by atoms with Gasteiger partial charge in [0, 0.05) is 32.6 Å². The predicted octanol–water partition coefficient (Wildman–Crippen LogP) is 1.66. The van der Waals surface area contributed by atoms with Crippen LogP contribution in [0.3, 0.4) is 0 Å². The number of likely N-dealkylation sites (tertiary alicyclic amines) is 1. The van der Waals surface area contributed by atoms with E-state index in [0.717, 1.165) is 31.5 Å². The van der Waals surface area contributed by atoms with Crippen LogP contribution in [0.1, 0.15) is 30.4 Å². The van der Waals surface area contributed by atoms with Gasteiger partial charge in [-0.05, 0) is 24.5 Å². The average molecular weight is 257 g/mol. The quantitative estimate of drug-likeness (QED) is 0.816. The van der Waals surface area contributed by atoms with Crippen molar-refractivity contribution in [2.75, 3.05) is 19.6 Å². The van der Waals surface area contributed by atoms with Crippen molar-refractivity contribution >= 4 is 5.91 Å². The molecule has 0 spiro atoms. The van der Waals surface area contributed by atoms with Crippen LogP contribution in [0.25, 0.3) is 0 Å². The Bertz CT molecular complexity index is 473. The standard InChI is InChI=1S/C15H19N3O/c16-11-13-5-1-2-6-14(13)12-17-8-7-15(19)18-9-3-4-10-18/h1-2,5-6,17H,3-4,7-10,12H2. The number of nitrogens with zero attached hydrogens (tertiary/aromatic N) is 2. The molecule has 1 N–H and O–H groups in total. The third kappa shape index (κ3) is 3.80. The molecule has 1 aromatic rings. The van der Waals surface area contributed by atoms with Gasteiger partial charge in [-0.1, -0.05) is 18.2 Å². The monoisotopic (exact) mass is 257 g/mol. The minimum atomic E-state index is 0.235. The van der Waals surface area contributed by atoms with Gasteiger partial charge in [0.15, 0.2) is 0 Å². The lowest BCUT2D eigenvalue weighted by Crippen LogP contribution is -2.30. The van der Waals surface area contributed by atoms with Gasteiger partial charge in [0.1, 0.15) is 0 Å². The van der Waals surface area contributed by atoms with Crippen molar-refractivity contribution in [2.45, 2.75) is 25.8 Å². The normalized spacial score (nSPS) is 14.4. The third-order valence-electron chi connectivity index (χ3n) is 3.43. The summed E-state index contributed by atoms with van der Waals surface area (Å²) < 4.78 is 0. The molecule has 1 aliphatic rings. The molecule has 19 heavy (non-hydrogen) atoms. The molecule has 4 nitrogen and oxygen atoms in total. The van der Waals surface area contributed by atoms with Crippen molar-refractivity contribution in [3.05, 3.63) is 35.4 Å². The van der Waals surface area contributed by atoms with E-state index >= 15 is 0 Å². The number of hydrogen-bond acceptors (Lipinski definition) is 3. The van der Waals surface area contributed by atoms with E-state index in [4.69, 9.17) is 5.26 Å². The zero-order valence-electron chi connectivity index (χ0n) is 11.1. The molecule has 1 heterocycles. The number of amides is 1. The molecular formula is C15H19N3O. The van der Waals surface area contributed by atoms with Crippen molar-refractivity contribution in [1.82, 2.24) is 10.2 Å². The molecule has 100 valence electrons. The van der Waals surface area contributed by atoms with Gasteiger partial charge in [-0.2, -0.15) is 5.26 Å². The summed E-state index contributed by atoms with van der Waals surface area (Å²) in [5.74, 6) is 0.235. The Balaban J connectivity index is 1.72. The SMILES string of the molecule is N#Cc1ccccc1CNCCC(=O)N1CCCC1. The van der Waals surface area contributed by atoms with E-state index < -0.39 is 0 Å². The first-order chi connectivity index (χ1) is 9.31. The van der Waals surface area contributed by atoms with E-state index in [2.05, 4.69) is 11.4 Å². The van der Waals surface area contributed by atoms with E-state index in [0.29, 0.717) is 25.1 Å². The van der Waals surface area contributed by atoms with Gasteiger partial charge in [-0.3, -0.25) is 4.79 Å². The summed E-state index contributed by atoms with van der Waals surface area (Å²) in [6.07, 6.45) is 2.80. The highest BCUT2D eigenvalue weighted by Crippen LogP contribution is 2.09. The maximum atomic E-state index is 11.8. The van der Waals surface area contributed by atoms with Crippen LogP contribution in [0.15, 0.2) is 24.3 Å². The fraction of sp³-hybridized carbons (Fsp3) is 0.467. The maximum Gasteiger partial charge on any atom is 0.223 e. The highest BCUT2D eigenvalue weighted by Gasteiger charge is 2.16. The van der Waals surface area contributed by atoms with Gasteiger partial charge in [0.25, 0.3) is 0 Å². The second-order valence-electron chi connectivity index (χ2n) is 4.78. The Labute approximate surface area is 114 Å². The summed E-state index contributed by atoms with van der Waals surface area (Å²) in [4.78, 5) is 13.7. The summed E-state index contributed by atoms with van der Waals surface area (Å²) in [6, 6.07) is 9.71. The number of benzene rings is 1. The highest BCUT2D eigenvalue weighted by molar-refractivity contribution is 5.76. The number of nitriles is 1. The van der Waals surface area contributed by atoms with Crippen molar-refractivity contribution < 1.29 is 4.79 Å². The number of carbonyl (C=O) groups is 1. The Kier molecular flexibility index (Phi) is 4.93. The molecule has 0 aromatic heterocycles. The predicted molar refractivity (Wildman–Crippen MR) is 73.3 cm³/mol. The van der Waals surface area contributed by atoms with Gasteiger partial charge in [-0.25, -0.2) is 0 Å². The largest absolute Gasteiger partial charge is 0.343 e. The van der Waals surface area contributed by atoms with Crippen molar-refractivity contribution in [2.24, 2.45) is 0 Å². The molecule has 0 aliphatic carbocycles. The summed E-state index contributed by atoms with van der Waals surface area (Å²) in [5.41, 5.74) is 1.68. The molecule has 1 saturated heterocycles. The van der Waals surface area contributed by atoms with Gasteiger partial charge in [-0.15, -0.1) is 0 Å². The van der Waals surface area contributed by atoms with Crippen molar-refractivity contribution in [3.8, 4) is 6.07 Å². The number of rotatable bonds is 5. The zero-order valence-corrected chi connectivity index (χ0v) is 11.1. The summed E-state index contributed by atoms with van der Waals surface area (Å²) >= 11 is 0. The van der Waals surface area contributed by atoms with Crippen LogP contribution in [0.4, 0.5) is 0 Å². The fourth-order valence-electron chi connectivity index (χ4n) is 2.33. The Morgan fingerprint density at radius 3 is 2.79 bits per heavy atom. The lowest BCUT2D eigenvalue weighted by molar-refractivity contribution is -0.130. The van der Waals surface area contributed by atoms with Gasteiger partial charge >= 0.3 is 0 Å². The number of hydrogen-bond donors (Lipinski definition) is 1.